The van der Waals surface area contributed by atoms with E-state index in [2.05, 4.69) is 17.4 Å². The number of hydrogen-bond acceptors (Lipinski definition) is 5. The fraction of sp³-hybridized carbons (Fsp3) is 0.300. The zero-order chi connectivity index (χ0) is 18.6. The molecule has 0 heterocycles. The molecule has 2 aromatic carbocycles. The highest BCUT2D eigenvalue weighted by atomic mass is 32.2. The van der Waals surface area contributed by atoms with Gasteiger partial charge in [-0.15, -0.1) is 11.8 Å². The topological polar surface area (TPSA) is 64.6 Å². The van der Waals surface area contributed by atoms with Crippen molar-refractivity contribution in [2.75, 3.05) is 25.5 Å². The molecule has 1 N–H and O–H groups in total. The Morgan fingerprint density at radius 3 is 2.46 bits per heavy atom. The lowest BCUT2D eigenvalue weighted by Gasteiger charge is -2.07. The van der Waals surface area contributed by atoms with Crippen LogP contribution in [0.15, 0.2) is 59.5 Å². The van der Waals surface area contributed by atoms with Crippen LogP contribution in [-0.4, -0.2) is 37.4 Å². The second-order valence-corrected chi connectivity index (χ2v) is 6.57. The van der Waals surface area contributed by atoms with Crippen molar-refractivity contribution >= 4 is 23.6 Å². The second kappa shape index (κ2) is 11.2. The average Bonchev–Trinajstić information content (AvgIpc) is 2.67. The summed E-state index contributed by atoms with van der Waals surface area (Å²) in [6.45, 7) is 2.73. The fourth-order valence-corrected chi connectivity index (χ4v) is 3.00. The van der Waals surface area contributed by atoms with Gasteiger partial charge in [0, 0.05) is 11.4 Å². The highest BCUT2D eigenvalue weighted by Gasteiger charge is 2.10. The predicted octanol–water partition coefficient (Wildman–Crippen LogP) is 3.54. The smallest absolute Gasteiger partial charge is 0.338 e. The summed E-state index contributed by atoms with van der Waals surface area (Å²) in [6, 6.07) is 16.7. The summed E-state index contributed by atoms with van der Waals surface area (Å²) >= 11 is 1.75. The van der Waals surface area contributed by atoms with Gasteiger partial charge in [0.05, 0.1) is 12.2 Å². The van der Waals surface area contributed by atoms with Crippen molar-refractivity contribution in [1.82, 2.24) is 5.32 Å². The average molecular weight is 373 g/mol. The number of nitrogens with one attached hydrogen (secondary N) is 1. The van der Waals surface area contributed by atoms with E-state index in [0.717, 1.165) is 12.2 Å². The van der Waals surface area contributed by atoms with Gasteiger partial charge in [0.25, 0.3) is 5.91 Å². The number of hydrogen-bond donors (Lipinski definition) is 1. The lowest BCUT2D eigenvalue weighted by atomic mass is 10.2. The summed E-state index contributed by atoms with van der Waals surface area (Å²) in [5.74, 6) is 0.781. The summed E-state index contributed by atoms with van der Waals surface area (Å²) < 4.78 is 10.3. The molecule has 0 fully saturated rings. The first-order chi connectivity index (χ1) is 12.7. The number of rotatable bonds is 10. The van der Waals surface area contributed by atoms with Crippen molar-refractivity contribution in [3.8, 4) is 5.75 Å². The zero-order valence-corrected chi connectivity index (χ0v) is 15.6. The first-order valence-electron chi connectivity index (χ1n) is 8.53. The maximum absolute atomic E-state index is 11.9. The number of carbonyl (C=O) groups excluding carboxylic acids is 2. The van der Waals surface area contributed by atoms with Crippen LogP contribution in [0.5, 0.6) is 5.75 Å². The SMILES string of the molecule is CCOc1ccc(C(=O)OCC(=O)NCCCSc2ccccc2)cc1. The van der Waals surface area contributed by atoms with Crippen LogP contribution >= 0.6 is 11.8 Å². The highest BCUT2D eigenvalue weighted by Crippen LogP contribution is 2.17. The van der Waals surface area contributed by atoms with Gasteiger partial charge in [0.15, 0.2) is 6.61 Å². The minimum absolute atomic E-state index is 0.280. The van der Waals surface area contributed by atoms with Gasteiger partial charge >= 0.3 is 5.97 Å². The van der Waals surface area contributed by atoms with Gasteiger partial charge in [-0.2, -0.15) is 0 Å². The maximum atomic E-state index is 11.9. The molecule has 0 aliphatic heterocycles. The number of benzene rings is 2. The monoisotopic (exact) mass is 373 g/mol. The quantitative estimate of drug-likeness (QED) is 0.392. The number of carbonyl (C=O) groups is 2. The molecule has 0 unspecified atom stereocenters. The Hall–Kier alpha value is -2.47. The predicted molar refractivity (Wildman–Crippen MR) is 103 cm³/mol. The Morgan fingerprint density at radius 1 is 1.04 bits per heavy atom. The van der Waals surface area contributed by atoms with Crippen molar-refractivity contribution in [1.29, 1.82) is 0 Å². The van der Waals surface area contributed by atoms with Crippen molar-refractivity contribution in [3.63, 3.8) is 0 Å². The molecule has 6 heteroatoms. The molecule has 26 heavy (non-hydrogen) atoms. The number of amides is 1. The second-order valence-electron chi connectivity index (χ2n) is 5.40. The molecule has 5 nitrogen and oxygen atoms in total. The Kier molecular flexibility index (Phi) is 8.55. The molecule has 0 atom stereocenters. The molecule has 0 saturated carbocycles. The Morgan fingerprint density at radius 2 is 1.77 bits per heavy atom. The normalized spacial score (nSPS) is 10.2. The largest absolute Gasteiger partial charge is 0.494 e. The summed E-state index contributed by atoms with van der Waals surface area (Å²) in [7, 11) is 0. The van der Waals surface area contributed by atoms with E-state index in [1.54, 1.807) is 36.0 Å². The molecule has 0 saturated heterocycles. The van der Waals surface area contributed by atoms with Crippen LogP contribution in [0.4, 0.5) is 0 Å². The third-order valence-corrected chi connectivity index (χ3v) is 4.49. The number of esters is 1. The van der Waals surface area contributed by atoms with Gasteiger partial charge in [-0.05, 0) is 55.5 Å². The molecule has 0 spiro atoms. The first-order valence-corrected chi connectivity index (χ1v) is 9.52. The van der Waals surface area contributed by atoms with Crippen LogP contribution in [0.25, 0.3) is 0 Å². The maximum Gasteiger partial charge on any atom is 0.338 e. The van der Waals surface area contributed by atoms with Gasteiger partial charge in [0.2, 0.25) is 0 Å². The summed E-state index contributed by atoms with van der Waals surface area (Å²) in [6.07, 6.45) is 0.845. The van der Waals surface area contributed by atoms with Crippen LogP contribution in [0.2, 0.25) is 0 Å². The lowest BCUT2D eigenvalue weighted by molar-refractivity contribution is -0.124. The van der Waals surface area contributed by atoms with E-state index in [-0.39, 0.29) is 12.5 Å². The molecule has 0 aliphatic rings. The number of ether oxygens (including phenoxy) is 2. The van der Waals surface area contributed by atoms with E-state index in [1.165, 1.54) is 4.90 Å². The van der Waals surface area contributed by atoms with Gasteiger partial charge < -0.3 is 14.8 Å². The van der Waals surface area contributed by atoms with E-state index in [4.69, 9.17) is 9.47 Å². The Bertz CT molecular complexity index is 689. The van der Waals surface area contributed by atoms with Crippen molar-refractivity contribution in [3.05, 3.63) is 60.2 Å². The fourth-order valence-electron chi connectivity index (χ4n) is 2.13. The number of thioether (sulfide) groups is 1. The van der Waals surface area contributed by atoms with Gasteiger partial charge in [-0.25, -0.2) is 4.79 Å². The van der Waals surface area contributed by atoms with E-state index in [0.29, 0.717) is 24.5 Å². The van der Waals surface area contributed by atoms with Crippen LogP contribution in [-0.2, 0) is 9.53 Å². The van der Waals surface area contributed by atoms with E-state index >= 15 is 0 Å². The van der Waals surface area contributed by atoms with Crippen LogP contribution in [0, 0.1) is 0 Å². The van der Waals surface area contributed by atoms with E-state index in [9.17, 15) is 9.59 Å². The van der Waals surface area contributed by atoms with Crippen LogP contribution < -0.4 is 10.1 Å². The minimum Gasteiger partial charge on any atom is -0.494 e. The molecular formula is C20H23NO4S. The van der Waals surface area contributed by atoms with Crippen molar-refractivity contribution in [2.45, 2.75) is 18.2 Å². The Labute approximate surface area is 158 Å². The van der Waals surface area contributed by atoms with Crippen molar-refractivity contribution in [2.24, 2.45) is 0 Å². The van der Waals surface area contributed by atoms with Gasteiger partial charge in [-0.3, -0.25) is 4.79 Å². The van der Waals surface area contributed by atoms with Gasteiger partial charge in [-0.1, -0.05) is 18.2 Å². The van der Waals surface area contributed by atoms with Crippen LogP contribution in [0.1, 0.15) is 23.7 Å². The van der Waals surface area contributed by atoms with E-state index in [1.807, 2.05) is 25.1 Å². The summed E-state index contributed by atoms with van der Waals surface area (Å²) in [5, 5.41) is 2.75. The minimum atomic E-state index is -0.525. The van der Waals surface area contributed by atoms with Crippen molar-refractivity contribution < 1.29 is 19.1 Å². The molecular weight excluding hydrogens is 350 g/mol. The Balaban J connectivity index is 1.59. The van der Waals surface area contributed by atoms with Crippen LogP contribution in [0.3, 0.4) is 0 Å². The molecule has 2 rings (SSSR count). The highest BCUT2D eigenvalue weighted by molar-refractivity contribution is 7.99. The molecule has 1 amide bonds. The third-order valence-electron chi connectivity index (χ3n) is 3.39. The summed E-state index contributed by atoms with van der Waals surface area (Å²) in [4.78, 5) is 24.9. The first kappa shape index (κ1) is 19.8. The standard InChI is InChI=1S/C20H23NO4S/c1-2-24-17-11-9-16(10-12-17)20(23)25-15-19(22)21-13-6-14-26-18-7-4-3-5-8-18/h3-5,7-12H,2,6,13-15H2,1H3,(H,21,22). The summed E-state index contributed by atoms with van der Waals surface area (Å²) in [5.41, 5.74) is 0.389. The van der Waals surface area contributed by atoms with E-state index < -0.39 is 5.97 Å². The molecule has 0 aliphatic carbocycles. The van der Waals surface area contributed by atoms with Gasteiger partial charge in [0.1, 0.15) is 5.75 Å². The lowest BCUT2D eigenvalue weighted by Crippen LogP contribution is -2.29. The zero-order valence-electron chi connectivity index (χ0n) is 14.8. The molecule has 2 aromatic rings. The molecule has 0 bridgehead atoms. The third kappa shape index (κ3) is 7.19. The molecule has 0 radical (unpaired) electrons. The molecule has 138 valence electrons. The molecule has 0 aromatic heterocycles.